The molecule has 0 fully saturated rings. The van der Waals surface area contributed by atoms with Crippen molar-refractivity contribution < 1.29 is 0 Å². The van der Waals surface area contributed by atoms with Gasteiger partial charge < -0.3 is 10.6 Å². The average molecular weight is 114 g/mol. The van der Waals surface area contributed by atoms with Crippen LogP contribution in [0.5, 0.6) is 0 Å². The highest BCUT2D eigenvalue weighted by atomic mass is 15.1. The Morgan fingerprint density at radius 2 is 2.25 bits per heavy atom. The summed E-state index contributed by atoms with van der Waals surface area (Å²) in [5.41, 5.74) is 0. The smallest absolute Gasteiger partial charge is 0.0939 e. The number of rotatable bonds is 3. The Hall–Kier alpha value is -0.660. The van der Waals surface area contributed by atoms with Gasteiger partial charge in [0.2, 0.25) is 0 Å². The van der Waals surface area contributed by atoms with Crippen molar-refractivity contribution in [3.05, 3.63) is 11.9 Å². The number of hydrogen-bond donors (Lipinski definition) is 2. The number of hydrogen-bond acceptors (Lipinski definition) is 2. The van der Waals surface area contributed by atoms with Gasteiger partial charge in [0.25, 0.3) is 0 Å². The van der Waals surface area contributed by atoms with Crippen molar-refractivity contribution in [3.8, 4) is 0 Å². The van der Waals surface area contributed by atoms with Crippen LogP contribution in [0.1, 0.15) is 13.8 Å². The van der Waals surface area contributed by atoms with E-state index in [-0.39, 0.29) is 0 Å². The molecule has 0 aromatic carbocycles. The summed E-state index contributed by atoms with van der Waals surface area (Å²) in [5, 5.41) is 6.13. The van der Waals surface area contributed by atoms with Crippen LogP contribution in [0, 0.1) is 0 Å². The maximum atomic E-state index is 3.13. The molecule has 0 bridgehead atoms. The molecule has 2 N–H and O–H groups in total. The van der Waals surface area contributed by atoms with Crippen LogP contribution in [0.4, 0.5) is 0 Å². The van der Waals surface area contributed by atoms with Crippen LogP contribution < -0.4 is 10.6 Å². The fraction of sp³-hybridized carbons (Fsp3) is 0.667. The van der Waals surface area contributed by atoms with Crippen LogP contribution in [0.15, 0.2) is 11.9 Å². The first kappa shape index (κ1) is 7.34. The fourth-order valence-corrected chi connectivity index (χ4v) is 0.525. The van der Waals surface area contributed by atoms with E-state index in [2.05, 4.69) is 17.6 Å². The Labute approximate surface area is 51.0 Å². The van der Waals surface area contributed by atoms with Gasteiger partial charge in [-0.3, -0.25) is 0 Å². The van der Waals surface area contributed by atoms with Crippen molar-refractivity contribution in [2.24, 2.45) is 0 Å². The minimum atomic E-state index is 0.973. The SMILES string of the molecule is CC=C(NC)NCC. The molecular formula is C6H14N2. The van der Waals surface area contributed by atoms with Gasteiger partial charge >= 0.3 is 0 Å². The van der Waals surface area contributed by atoms with Gasteiger partial charge in [-0.05, 0) is 19.9 Å². The van der Waals surface area contributed by atoms with Gasteiger partial charge in [0.15, 0.2) is 0 Å². The molecular weight excluding hydrogens is 100 g/mol. The molecule has 0 aromatic rings. The lowest BCUT2D eigenvalue weighted by atomic mass is 10.5. The molecule has 0 aliphatic rings. The van der Waals surface area contributed by atoms with Gasteiger partial charge in [0.1, 0.15) is 0 Å². The lowest BCUT2D eigenvalue weighted by molar-refractivity contribution is 0.763. The lowest BCUT2D eigenvalue weighted by Gasteiger charge is -2.05. The Morgan fingerprint density at radius 1 is 1.62 bits per heavy atom. The predicted molar refractivity (Wildman–Crippen MR) is 36.5 cm³/mol. The third kappa shape index (κ3) is 2.50. The van der Waals surface area contributed by atoms with Crippen molar-refractivity contribution in [1.82, 2.24) is 10.6 Å². The molecule has 2 heteroatoms. The lowest BCUT2D eigenvalue weighted by Crippen LogP contribution is -2.22. The summed E-state index contributed by atoms with van der Waals surface area (Å²) in [6.45, 7) is 5.04. The van der Waals surface area contributed by atoms with Crippen LogP contribution in [-0.4, -0.2) is 13.6 Å². The highest BCUT2D eigenvalue weighted by Crippen LogP contribution is 1.76. The van der Waals surface area contributed by atoms with E-state index in [1.807, 2.05) is 20.0 Å². The topological polar surface area (TPSA) is 24.1 Å². The molecule has 0 saturated carbocycles. The van der Waals surface area contributed by atoms with Crippen LogP contribution in [0.3, 0.4) is 0 Å². The van der Waals surface area contributed by atoms with Gasteiger partial charge in [-0.1, -0.05) is 0 Å². The molecule has 0 rings (SSSR count). The maximum Gasteiger partial charge on any atom is 0.0939 e. The molecule has 8 heavy (non-hydrogen) atoms. The summed E-state index contributed by atoms with van der Waals surface area (Å²) in [6, 6.07) is 0. The van der Waals surface area contributed by atoms with Crippen LogP contribution >= 0.6 is 0 Å². The molecule has 0 aromatic heterocycles. The summed E-state index contributed by atoms with van der Waals surface area (Å²) in [6.07, 6.45) is 2.00. The van der Waals surface area contributed by atoms with E-state index < -0.39 is 0 Å². The predicted octanol–water partition coefficient (Wildman–Crippen LogP) is 0.677. The molecule has 48 valence electrons. The third-order valence-electron chi connectivity index (χ3n) is 0.925. The summed E-state index contributed by atoms with van der Waals surface area (Å²) in [4.78, 5) is 0. The van der Waals surface area contributed by atoms with Crippen molar-refractivity contribution >= 4 is 0 Å². The fourth-order valence-electron chi connectivity index (χ4n) is 0.525. The second-order valence-corrected chi connectivity index (χ2v) is 1.48. The molecule has 0 saturated heterocycles. The largest absolute Gasteiger partial charge is 0.375 e. The van der Waals surface area contributed by atoms with E-state index in [4.69, 9.17) is 0 Å². The Morgan fingerprint density at radius 3 is 2.38 bits per heavy atom. The second-order valence-electron chi connectivity index (χ2n) is 1.48. The monoisotopic (exact) mass is 114 g/mol. The van der Waals surface area contributed by atoms with E-state index in [9.17, 15) is 0 Å². The zero-order valence-electron chi connectivity index (χ0n) is 5.78. The second kappa shape index (κ2) is 4.50. The summed E-state index contributed by atoms with van der Waals surface area (Å²) in [5.74, 6) is 1.09. The van der Waals surface area contributed by atoms with Crippen LogP contribution in [0.2, 0.25) is 0 Å². The van der Waals surface area contributed by atoms with Crippen molar-refractivity contribution in [1.29, 1.82) is 0 Å². The zero-order chi connectivity index (χ0) is 6.41. The van der Waals surface area contributed by atoms with Gasteiger partial charge in [-0.2, -0.15) is 0 Å². The van der Waals surface area contributed by atoms with Crippen molar-refractivity contribution in [2.45, 2.75) is 13.8 Å². The first-order valence-corrected chi connectivity index (χ1v) is 2.93. The first-order valence-electron chi connectivity index (χ1n) is 2.93. The molecule has 0 heterocycles. The number of allylic oxidation sites excluding steroid dienone is 1. The molecule has 0 unspecified atom stereocenters. The summed E-state index contributed by atoms with van der Waals surface area (Å²) < 4.78 is 0. The third-order valence-corrected chi connectivity index (χ3v) is 0.925. The van der Waals surface area contributed by atoms with Crippen LogP contribution in [0.25, 0.3) is 0 Å². The molecule has 0 spiro atoms. The van der Waals surface area contributed by atoms with Gasteiger partial charge in [0, 0.05) is 13.6 Å². The van der Waals surface area contributed by atoms with Gasteiger partial charge in [-0.15, -0.1) is 0 Å². The van der Waals surface area contributed by atoms with Crippen molar-refractivity contribution in [2.75, 3.05) is 13.6 Å². The van der Waals surface area contributed by atoms with Gasteiger partial charge in [0.05, 0.1) is 5.82 Å². The van der Waals surface area contributed by atoms with E-state index in [1.54, 1.807) is 0 Å². The van der Waals surface area contributed by atoms with E-state index >= 15 is 0 Å². The minimum absolute atomic E-state index is 0.973. The van der Waals surface area contributed by atoms with E-state index in [0.29, 0.717) is 0 Å². The Balaban J connectivity index is 3.38. The standard InChI is InChI=1S/C6H14N2/c1-4-6(7-3)8-5-2/h4,7-8H,5H2,1-3H3. The number of nitrogens with one attached hydrogen (secondary N) is 2. The van der Waals surface area contributed by atoms with Crippen molar-refractivity contribution in [3.63, 3.8) is 0 Å². The molecule has 0 radical (unpaired) electrons. The van der Waals surface area contributed by atoms with E-state index in [1.165, 1.54) is 0 Å². The quantitative estimate of drug-likeness (QED) is 0.563. The molecule has 0 amide bonds. The molecule has 2 nitrogen and oxygen atoms in total. The summed E-state index contributed by atoms with van der Waals surface area (Å²) >= 11 is 0. The Kier molecular flexibility index (Phi) is 4.13. The maximum absolute atomic E-state index is 3.13. The highest BCUT2D eigenvalue weighted by Gasteiger charge is 1.81. The Bertz CT molecular complexity index is 76.6. The summed E-state index contributed by atoms with van der Waals surface area (Å²) in [7, 11) is 1.90. The average Bonchev–Trinajstić information content (AvgIpc) is 1.83. The van der Waals surface area contributed by atoms with Crippen LogP contribution in [-0.2, 0) is 0 Å². The normalized spacial score (nSPS) is 11.1. The zero-order valence-corrected chi connectivity index (χ0v) is 5.78. The molecule has 0 aliphatic heterocycles. The highest BCUT2D eigenvalue weighted by molar-refractivity contribution is 4.92. The molecule has 0 atom stereocenters. The van der Waals surface area contributed by atoms with Gasteiger partial charge in [-0.25, -0.2) is 0 Å². The minimum Gasteiger partial charge on any atom is -0.375 e. The molecule has 0 aliphatic carbocycles. The van der Waals surface area contributed by atoms with E-state index in [0.717, 1.165) is 12.4 Å². The first-order chi connectivity index (χ1) is 3.85.